The van der Waals surface area contributed by atoms with E-state index in [4.69, 9.17) is 6.42 Å². The van der Waals surface area contributed by atoms with Crippen molar-refractivity contribution in [3.05, 3.63) is 34.3 Å². The van der Waals surface area contributed by atoms with Gasteiger partial charge in [0, 0.05) is 16.6 Å². The second-order valence-electron chi connectivity index (χ2n) is 7.58. The summed E-state index contributed by atoms with van der Waals surface area (Å²) in [5.41, 5.74) is -5.54. The van der Waals surface area contributed by atoms with Crippen LogP contribution in [0, 0.1) is 12.3 Å². The molecule has 0 saturated heterocycles. The average molecular weight is 541 g/mol. The van der Waals surface area contributed by atoms with Crippen LogP contribution in [-0.4, -0.2) is 52.4 Å². The molecule has 0 aliphatic heterocycles. The number of nitrogens with one attached hydrogen (secondary N) is 2. The Labute approximate surface area is 197 Å². The van der Waals surface area contributed by atoms with E-state index in [1.165, 1.54) is 23.9 Å². The van der Waals surface area contributed by atoms with Crippen molar-refractivity contribution in [3.8, 4) is 12.3 Å². The van der Waals surface area contributed by atoms with Crippen LogP contribution in [0.3, 0.4) is 0 Å². The van der Waals surface area contributed by atoms with Crippen LogP contribution in [0.1, 0.15) is 32.8 Å². The molecule has 1 aromatic carbocycles. The van der Waals surface area contributed by atoms with Crippen molar-refractivity contribution in [3.63, 3.8) is 0 Å². The van der Waals surface area contributed by atoms with Crippen molar-refractivity contribution < 1.29 is 32.3 Å². The van der Waals surface area contributed by atoms with Gasteiger partial charge in [0.1, 0.15) is 11.7 Å². The zero-order valence-electron chi connectivity index (χ0n) is 17.7. The summed E-state index contributed by atoms with van der Waals surface area (Å²) < 4.78 is 57.7. The second-order valence-corrected chi connectivity index (χ2v) is 9.81. The Kier molecular flexibility index (Phi) is 10.1. The normalized spacial score (nSPS) is 15.8. The fourth-order valence-electron chi connectivity index (χ4n) is 2.87. The van der Waals surface area contributed by atoms with Gasteiger partial charge in [0.05, 0.1) is 6.04 Å². The van der Waals surface area contributed by atoms with E-state index < -0.39 is 47.8 Å². The van der Waals surface area contributed by atoms with Crippen LogP contribution in [0.15, 0.2) is 28.7 Å². The minimum absolute atomic E-state index is 0.00439. The zero-order chi connectivity index (χ0) is 24.7. The van der Waals surface area contributed by atoms with Crippen molar-refractivity contribution in [2.75, 3.05) is 11.5 Å². The van der Waals surface area contributed by atoms with Crippen LogP contribution in [0.25, 0.3) is 0 Å². The lowest BCUT2D eigenvalue weighted by Crippen LogP contribution is -2.62. The van der Waals surface area contributed by atoms with Crippen LogP contribution >= 0.6 is 27.7 Å². The number of carbonyl (C=O) groups is 2. The number of aliphatic carboxylic acids is 1. The van der Waals surface area contributed by atoms with Gasteiger partial charge in [-0.25, -0.2) is 9.18 Å². The first-order valence-electron chi connectivity index (χ1n) is 9.55. The molecule has 1 aromatic rings. The van der Waals surface area contributed by atoms with Crippen LogP contribution in [-0.2, 0) is 15.1 Å². The van der Waals surface area contributed by atoms with Gasteiger partial charge in [-0.15, -0.1) is 6.42 Å². The van der Waals surface area contributed by atoms with Gasteiger partial charge in [-0.3, -0.25) is 10.1 Å². The Hall–Kier alpha value is -1.77. The summed E-state index contributed by atoms with van der Waals surface area (Å²) in [5.74, 6) is -0.193. The maximum absolute atomic E-state index is 14.4. The molecule has 5 nitrogen and oxygen atoms in total. The molecule has 0 aromatic heterocycles. The number of thioether (sulfide) groups is 1. The van der Waals surface area contributed by atoms with Gasteiger partial charge in [0.15, 0.2) is 0 Å². The molecule has 3 atom stereocenters. The van der Waals surface area contributed by atoms with E-state index in [1.807, 2.05) is 0 Å². The molecule has 0 saturated carbocycles. The zero-order valence-corrected chi connectivity index (χ0v) is 20.1. The minimum Gasteiger partial charge on any atom is -0.480 e. The van der Waals surface area contributed by atoms with Crippen LogP contribution in [0.4, 0.5) is 17.6 Å². The summed E-state index contributed by atoms with van der Waals surface area (Å²) in [6.45, 7) is 3.98. The number of rotatable bonds is 11. The van der Waals surface area contributed by atoms with Gasteiger partial charge in [0.2, 0.25) is 11.4 Å². The first-order valence-corrected chi connectivity index (χ1v) is 11.5. The lowest BCUT2D eigenvalue weighted by atomic mass is 9.87. The molecule has 178 valence electrons. The van der Waals surface area contributed by atoms with E-state index in [0.29, 0.717) is 10.2 Å². The number of terminal acetylenes is 1. The number of carboxylic acid groups (broad SMARTS) is 1. The van der Waals surface area contributed by atoms with Crippen molar-refractivity contribution in [2.24, 2.45) is 0 Å². The summed E-state index contributed by atoms with van der Waals surface area (Å²) in [4.78, 5) is 24.3. The van der Waals surface area contributed by atoms with Crippen LogP contribution in [0.2, 0.25) is 0 Å². The molecule has 0 radical (unpaired) electrons. The topological polar surface area (TPSA) is 78.4 Å². The quantitative estimate of drug-likeness (QED) is 0.289. The van der Waals surface area contributed by atoms with Crippen molar-refractivity contribution >= 4 is 39.6 Å². The fraction of sp³-hybridized carbons (Fsp3) is 0.524. The van der Waals surface area contributed by atoms with Gasteiger partial charge in [-0.05, 0) is 37.3 Å². The van der Waals surface area contributed by atoms with Crippen LogP contribution in [0.5, 0.6) is 0 Å². The van der Waals surface area contributed by atoms with E-state index in [9.17, 15) is 32.3 Å². The molecular formula is C21H25BrF4N2O3S. The fourth-order valence-corrected chi connectivity index (χ4v) is 3.84. The maximum Gasteiger partial charge on any atom is 0.422 e. The number of carbonyl (C=O) groups excluding carboxylic acids is 1. The maximum atomic E-state index is 14.4. The average Bonchev–Trinajstić information content (AvgIpc) is 2.66. The van der Waals surface area contributed by atoms with Gasteiger partial charge in [-0.1, -0.05) is 40.9 Å². The molecular weight excluding hydrogens is 516 g/mol. The highest BCUT2D eigenvalue weighted by Gasteiger charge is 2.57. The Bertz CT molecular complexity index is 837. The largest absolute Gasteiger partial charge is 0.480 e. The monoisotopic (exact) mass is 540 g/mol. The van der Waals surface area contributed by atoms with Crippen molar-refractivity contribution in [1.82, 2.24) is 10.6 Å². The third-order valence-corrected chi connectivity index (χ3v) is 5.92. The summed E-state index contributed by atoms with van der Waals surface area (Å²) in [5, 5.41) is 13.7. The third-order valence-electron chi connectivity index (χ3n) is 4.42. The molecule has 1 rings (SSSR count). The number of hydrogen-bond donors (Lipinski definition) is 3. The van der Waals surface area contributed by atoms with Crippen molar-refractivity contribution in [2.45, 2.75) is 56.7 Å². The molecule has 0 spiro atoms. The van der Waals surface area contributed by atoms with Gasteiger partial charge >= 0.3 is 12.1 Å². The molecule has 0 aliphatic carbocycles. The summed E-state index contributed by atoms with van der Waals surface area (Å²) >= 11 is 4.36. The summed E-state index contributed by atoms with van der Waals surface area (Å²) in [6, 6.07) is 1.84. The smallest absolute Gasteiger partial charge is 0.422 e. The molecule has 0 unspecified atom stereocenters. The highest BCUT2D eigenvalue weighted by Crippen LogP contribution is 2.40. The van der Waals surface area contributed by atoms with Crippen LogP contribution < -0.4 is 10.6 Å². The molecule has 1 amide bonds. The Morgan fingerprint density at radius 3 is 2.16 bits per heavy atom. The number of carboxylic acids is 1. The molecule has 0 aliphatic rings. The van der Waals surface area contributed by atoms with Gasteiger partial charge in [-0.2, -0.15) is 24.9 Å². The first-order chi connectivity index (χ1) is 14.7. The minimum atomic E-state index is -5.06. The predicted octanol–water partition coefficient (Wildman–Crippen LogP) is 4.26. The van der Waals surface area contributed by atoms with E-state index in [0.717, 1.165) is 26.0 Å². The standard InChI is InChI=1S/C21H25BrF4N2O3S/c1-5-20(21(24,25)26,13-7-9-14(22)10-8-13)28-15(11-19(3,4)23)17(29)27-16(18(30)31)12-32-6-2/h1,7-10,15-16,28H,6,11-12H2,2-4H3,(H,27,29)(H,30,31)/t15-,16-,20-/m0/s1. The highest BCUT2D eigenvalue weighted by molar-refractivity contribution is 9.10. The van der Waals surface area contributed by atoms with E-state index >= 15 is 0 Å². The number of hydrogen-bond acceptors (Lipinski definition) is 4. The SMILES string of the molecule is C#C[C@](N[C@@H](CC(C)(C)F)C(=O)N[C@@H](CSCC)C(=O)O)(c1ccc(Br)cc1)C(F)(F)F. The van der Waals surface area contributed by atoms with E-state index in [1.54, 1.807) is 12.8 Å². The number of benzene rings is 1. The summed E-state index contributed by atoms with van der Waals surface area (Å²) in [7, 11) is 0. The number of halogens is 5. The lowest BCUT2D eigenvalue weighted by Gasteiger charge is -2.37. The Balaban J connectivity index is 3.42. The third kappa shape index (κ3) is 7.67. The molecule has 0 bridgehead atoms. The highest BCUT2D eigenvalue weighted by atomic mass is 79.9. The first kappa shape index (κ1) is 28.3. The molecule has 32 heavy (non-hydrogen) atoms. The lowest BCUT2D eigenvalue weighted by molar-refractivity contribution is -0.185. The van der Waals surface area contributed by atoms with Crippen molar-refractivity contribution in [1.29, 1.82) is 0 Å². The second kappa shape index (κ2) is 11.4. The molecule has 0 heterocycles. The Morgan fingerprint density at radius 2 is 1.75 bits per heavy atom. The number of amides is 1. The van der Waals surface area contributed by atoms with Gasteiger partial charge in [0.25, 0.3) is 0 Å². The van der Waals surface area contributed by atoms with E-state index in [2.05, 4.69) is 26.6 Å². The number of alkyl halides is 4. The summed E-state index contributed by atoms with van der Waals surface area (Å²) in [6.07, 6.45) is -0.411. The Morgan fingerprint density at radius 1 is 1.19 bits per heavy atom. The molecule has 0 fully saturated rings. The molecule has 3 N–H and O–H groups in total. The molecule has 11 heteroatoms. The predicted molar refractivity (Wildman–Crippen MR) is 120 cm³/mol. The van der Waals surface area contributed by atoms with Gasteiger partial charge < -0.3 is 10.4 Å². The van der Waals surface area contributed by atoms with E-state index in [-0.39, 0.29) is 11.3 Å².